The molecule has 2 fully saturated rings. The van der Waals surface area contributed by atoms with Crippen molar-refractivity contribution in [2.24, 2.45) is 7.05 Å². The Balaban J connectivity index is 1.29. The zero-order chi connectivity index (χ0) is 24.2. The average Bonchev–Trinajstić information content (AvgIpc) is 3.24. The molecule has 5 rings (SSSR count). The number of benzene rings is 1. The molecule has 0 spiro atoms. The molecule has 2 aromatic heterocycles. The number of pyridine rings is 1. The second-order valence-electron chi connectivity index (χ2n) is 9.86. The van der Waals surface area contributed by atoms with Gasteiger partial charge in [-0.1, -0.05) is 25.5 Å². The number of aromatic nitrogens is 3. The maximum Gasteiger partial charge on any atom is 0.239 e. The molecule has 35 heavy (non-hydrogen) atoms. The first-order valence-electron chi connectivity index (χ1n) is 13.0. The highest BCUT2D eigenvalue weighted by Gasteiger charge is 2.19. The van der Waals surface area contributed by atoms with E-state index in [-0.39, 0.29) is 5.91 Å². The molecule has 0 unspecified atom stereocenters. The van der Waals surface area contributed by atoms with E-state index in [0.29, 0.717) is 12.4 Å². The van der Waals surface area contributed by atoms with Crippen LogP contribution in [0.5, 0.6) is 0 Å². The number of rotatable bonds is 7. The van der Waals surface area contributed by atoms with Crippen LogP contribution in [-0.2, 0) is 18.4 Å². The zero-order valence-electron chi connectivity index (χ0n) is 21.0. The average molecular weight is 476 g/mol. The van der Waals surface area contributed by atoms with Crippen LogP contribution in [0.25, 0.3) is 21.9 Å². The van der Waals surface area contributed by atoms with Crippen LogP contribution in [0.2, 0.25) is 0 Å². The number of aryl methyl sites for hydroxylation is 1. The monoisotopic (exact) mass is 475 g/mol. The van der Waals surface area contributed by atoms with E-state index in [2.05, 4.69) is 55.2 Å². The molecule has 1 amide bonds. The Morgan fingerprint density at radius 2 is 1.69 bits per heavy atom. The third-order valence-electron chi connectivity index (χ3n) is 7.46. The summed E-state index contributed by atoms with van der Waals surface area (Å²) in [6.07, 6.45) is 7.70. The van der Waals surface area contributed by atoms with E-state index >= 15 is 0 Å². The van der Waals surface area contributed by atoms with E-state index in [4.69, 9.17) is 0 Å². The Morgan fingerprint density at radius 1 is 0.914 bits per heavy atom. The van der Waals surface area contributed by atoms with Crippen molar-refractivity contribution >= 4 is 22.5 Å². The summed E-state index contributed by atoms with van der Waals surface area (Å²) in [6, 6.07) is 8.42. The molecular formula is C27H37N7O. The highest BCUT2D eigenvalue weighted by Crippen LogP contribution is 2.29. The normalized spacial score (nSPS) is 18.2. The van der Waals surface area contributed by atoms with Crippen molar-refractivity contribution in [1.82, 2.24) is 29.5 Å². The molecule has 3 aromatic rings. The quantitative estimate of drug-likeness (QED) is 0.566. The van der Waals surface area contributed by atoms with Gasteiger partial charge >= 0.3 is 0 Å². The number of likely N-dealkylation sites (N-methyl/N-ethyl adjacent to an activating group) is 1. The molecule has 2 aliphatic rings. The van der Waals surface area contributed by atoms with Crippen LogP contribution in [0.4, 0.5) is 5.82 Å². The summed E-state index contributed by atoms with van der Waals surface area (Å²) in [6.45, 7) is 10.8. The van der Waals surface area contributed by atoms with Gasteiger partial charge in [-0.05, 0) is 55.6 Å². The number of carbonyl (C=O) groups excluding carboxylic acids is 1. The lowest BCUT2D eigenvalue weighted by Gasteiger charge is -2.33. The minimum absolute atomic E-state index is 0.00553. The number of carbonyl (C=O) groups is 1. The third kappa shape index (κ3) is 5.72. The fraction of sp³-hybridized carbons (Fsp3) is 0.519. The lowest BCUT2D eigenvalue weighted by atomic mass is 10.0. The standard InChI is InChI=1S/C27H37N7O/c1-3-32-11-13-34(14-12-32)20-27(35)30-26-16-23-15-21(7-8-22(23)17-28-26)24-18-29-31(2)25(24)19-33-9-5-4-6-10-33/h7-8,15-18H,3-6,9-14,19-20H2,1-2H3,(H,28,30,35). The van der Waals surface area contributed by atoms with E-state index < -0.39 is 0 Å². The molecule has 2 aliphatic heterocycles. The summed E-state index contributed by atoms with van der Waals surface area (Å²) in [5, 5.41) is 9.71. The van der Waals surface area contributed by atoms with Gasteiger partial charge in [-0.25, -0.2) is 4.98 Å². The van der Waals surface area contributed by atoms with Gasteiger partial charge in [0.05, 0.1) is 18.4 Å². The topological polar surface area (TPSA) is 69.5 Å². The number of nitrogens with one attached hydrogen (secondary N) is 1. The van der Waals surface area contributed by atoms with Crippen LogP contribution in [0.3, 0.4) is 0 Å². The van der Waals surface area contributed by atoms with E-state index in [9.17, 15) is 4.79 Å². The second-order valence-corrected chi connectivity index (χ2v) is 9.86. The smallest absolute Gasteiger partial charge is 0.239 e. The Morgan fingerprint density at radius 3 is 2.46 bits per heavy atom. The van der Waals surface area contributed by atoms with E-state index in [1.54, 1.807) is 0 Å². The largest absolute Gasteiger partial charge is 0.310 e. The van der Waals surface area contributed by atoms with E-state index in [1.165, 1.54) is 30.5 Å². The number of nitrogens with zero attached hydrogens (tertiary/aromatic N) is 6. The number of fused-ring (bicyclic) bond motifs is 1. The Hall–Kier alpha value is -2.81. The van der Waals surface area contributed by atoms with Crippen LogP contribution >= 0.6 is 0 Å². The van der Waals surface area contributed by atoms with Crippen molar-refractivity contribution in [2.45, 2.75) is 32.7 Å². The number of piperidine rings is 1. The molecule has 1 aromatic carbocycles. The molecule has 0 aliphatic carbocycles. The van der Waals surface area contributed by atoms with Crippen LogP contribution in [0.15, 0.2) is 36.7 Å². The molecule has 8 heteroatoms. The Labute approximate surface area is 207 Å². The van der Waals surface area contributed by atoms with Gasteiger partial charge < -0.3 is 10.2 Å². The number of piperazine rings is 1. The summed E-state index contributed by atoms with van der Waals surface area (Å²) in [7, 11) is 2.03. The van der Waals surface area contributed by atoms with Gasteiger partial charge in [0.25, 0.3) is 0 Å². The highest BCUT2D eigenvalue weighted by molar-refractivity contribution is 5.95. The van der Waals surface area contributed by atoms with Crippen LogP contribution in [0, 0.1) is 0 Å². The van der Waals surface area contributed by atoms with Gasteiger partial charge in [0.15, 0.2) is 0 Å². The number of hydrogen-bond acceptors (Lipinski definition) is 6. The molecule has 186 valence electrons. The molecule has 8 nitrogen and oxygen atoms in total. The number of hydrogen-bond donors (Lipinski definition) is 1. The van der Waals surface area contributed by atoms with Crippen molar-refractivity contribution in [3.63, 3.8) is 0 Å². The van der Waals surface area contributed by atoms with Crippen LogP contribution < -0.4 is 5.32 Å². The zero-order valence-corrected chi connectivity index (χ0v) is 21.0. The molecule has 1 N–H and O–H groups in total. The van der Waals surface area contributed by atoms with E-state index in [1.807, 2.05) is 30.2 Å². The molecule has 0 atom stereocenters. The SMILES string of the molecule is CCN1CCN(CC(=O)Nc2cc3cc(-c4cnn(C)c4CN4CCCCC4)ccc3cn2)CC1. The first-order chi connectivity index (χ1) is 17.1. The van der Waals surface area contributed by atoms with Gasteiger partial charge in [-0.2, -0.15) is 5.10 Å². The maximum absolute atomic E-state index is 12.7. The summed E-state index contributed by atoms with van der Waals surface area (Å²) in [5.41, 5.74) is 3.57. The molecule has 0 saturated carbocycles. The lowest BCUT2D eigenvalue weighted by molar-refractivity contribution is -0.117. The molecular weight excluding hydrogens is 438 g/mol. The maximum atomic E-state index is 12.7. The molecule has 2 saturated heterocycles. The summed E-state index contributed by atoms with van der Waals surface area (Å²) in [4.78, 5) is 24.3. The van der Waals surface area contributed by atoms with Gasteiger partial charge in [-0.15, -0.1) is 0 Å². The Kier molecular flexibility index (Phi) is 7.41. The predicted octanol–water partition coefficient (Wildman–Crippen LogP) is 3.20. The van der Waals surface area contributed by atoms with Gasteiger partial charge in [-0.3, -0.25) is 19.3 Å². The fourth-order valence-corrected chi connectivity index (χ4v) is 5.25. The molecule has 0 bridgehead atoms. The van der Waals surface area contributed by atoms with Gasteiger partial charge in [0.2, 0.25) is 5.91 Å². The minimum atomic E-state index is -0.00553. The fourth-order valence-electron chi connectivity index (χ4n) is 5.25. The van der Waals surface area contributed by atoms with Crippen molar-refractivity contribution < 1.29 is 4.79 Å². The summed E-state index contributed by atoms with van der Waals surface area (Å²) in [5.74, 6) is 0.598. The van der Waals surface area contributed by atoms with Crippen molar-refractivity contribution in [3.8, 4) is 11.1 Å². The van der Waals surface area contributed by atoms with E-state index in [0.717, 1.165) is 68.7 Å². The second kappa shape index (κ2) is 10.8. The molecule has 0 radical (unpaired) electrons. The van der Waals surface area contributed by atoms with Crippen LogP contribution in [0.1, 0.15) is 31.9 Å². The predicted molar refractivity (Wildman–Crippen MR) is 140 cm³/mol. The minimum Gasteiger partial charge on any atom is -0.310 e. The first kappa shape index (κ1) is 23.9. The van der Waals surface area contributed by atoms with Gasteiger partial charge in [0.1, 0.15) is 5.82 Å². The lowest BCUT2D eigenvalue weighted by Crippen LogP contribution is -2.48. The number of amides is 1. The summed E-state index contributed by atoms with van der Waals surface area (Å²) >= 11 is 0. The van der Waals surface area contributed by atoms with Crippen LogP contribution in [-0.4, -0.2) is 87.7 Å². The van der Waals surface area contributed by atoms with Crippen molar-refractivity contribution in [3.05, 3.63) is 42.4 Å². The number of anilines is 1. The van der Waals surface area contributed by atoms with Crippen molar-refractivity contribution in [2.75, 3.05) is 57.7 Å². The number of likely N-dealkylation sites (tertiary alicyclic amines) is 1. The third-order valence-corrected chi connectivity index (χ3v) is 7.46. The molecule has 4 heterocycles. The first-order valence-corrected chi connectivity index (χ1v) is 13.0. The summed E-state index contributed by atoms with van der Waals surface area (Å²) < 4.78 is 2.01. The Bertz CT molecular complexity index is 1160. The van der Waals surface area contributed by atoms with Gasteiger partial charge in [0, 0.05) is 56.9 Å². The van der Waals surface area contributed by atoms with Crippen molar-refractivity contribution in [1.29, 1.82) is 0 Å². The highest BCUT2D eigenvalue weighted by atomic mass is 16.2.